The van der Waals surface area contributed by atoms with Gasteiger partial charge in [-0.25, -0.2) is 15.1 Å². The van der Waals surface area contributed by atoms with E-state index in [1.54, 1.807) is 18.3 Å². The fourth-order valence-electron chi connectivity index (χ4n) is 2.31. The highest BCUT2D eigenvalue weighted by Gasteiger charge is 2.67. The van der Waals surface area contributed by atoms with E-state index < -0.39 is 23.7 Å². The Bertz CT molecular complexity index is 909. The topological polar surface area (TPSA) is 81.6 Å². The summed E-state index contributed by atoms with van der Waals surface area (Å²) in [6.45, 7) is 1.64. The van der Waals surface area contributed by atoms with Gasteiger partial charge in [0.1, 0.15) is 0 Å². The van der Waals surface area contributed by atoms with E-state index in [0.29, 0.717) is 5.56 Å². The van der Waals surface area contributed by atoms with Gasteiger partial charge in [-0.1, -0.05) is 23.2 Å². The number of nitrogens with one attached hydrogen (secondary N) is 3. The van der Waals surface area contributed by atoms with Gasteiger partial charge in [-0.3, -0.25) is 10.1 Å². The van der Waals surface area contributed by atoms with Crippen LogP contribution in [0.25, 0.3) is 0 Å². The Morgan fingerprint density at radius 1 is 1.14 bits per heavy atom. The molecule has 0 unspecified atom stereocenters. The second-order valence-corrected chi connectivity index (χ2v) is 6.57. The molecule has 6 nitrogen and oxygen atoms in total. The molecule has 0 bridgehead atoms. The van der Waals surface area contributed by atoms with E-state index in [9.17, 15) is 22.8 Å². The van der Waals surface area contributed by atoms with Crippen LogP contribution in [-0.4, -0.2) is 30.8 Å². The SMILES string of the molecule is COC(=O)[C@](NC(=O)c1ccc(Cl)cc1Cl)(Nc1cc(C)cc[nH+]1)C(F)(F)F. The lowest BCUT2D eigenvalue weighted by atomic mass is 10.1. The Hall–Kier alpha value is -2.52. The summed E-state index contributed by atoms with van der Waals surface area (Å²) in [7, 11) is 0.770. The monoisotopic (exact) mass is 436 g/mol. The van der Waals surface area contributed by atoms with Crippen molar-refractivity contribution in [2.45, 2.75) is 18.8 Å². The molecule has 0 spiro atoms. The second kappa shape index (κ2) is 8.24. The van der Waals surface area contributed by atoms with E-state index in [4.69, 9.17) is 23.2 Å². The molecule has 1 amide bonds. The van der Waals surface area contributed by atoms with Crippen LogP contribution < -0.4 is 15.6 Å². The maximum atomic E-state index is 14.0. The number of halogens is 5. The molecular weight excluding hydrogens is 422 g/mol. The number of carbonyl (C=O) groups excluding carboxylic acids is 2. The minimum Gasteiger partial charge on any atom is -0.464 e. The number of pyridine rings is 1. The molecule has 11 heteroatoms. The number of aromatic amines is 1. The van der Waals surface area contributed by atoms with E-state index in [2.05, 4.69) is 9.72 Å². The molecule has 150 valence electrons. The summed E-state index contributed by atoms with van der Waals surface area (Å²) in [5.74, 6) is -3.21. The molecule has 1 aromatic heterocycles. The Balaban J connectivity index is 2.53. The lowest BCUT2D eigenvalue weighted by Crippen LogP contribution is -2.69. The Kier molecular flexibility index (Phi) is 6.41. The predicted molar refractivity (Wildman–Crippen MR) is 96.1 cm³/mol. The number of hydrogen-bond acceptors (Lipinski definition) is 4. The third-order valence-corrected chi connectivity index (χ3v) is 4.22. The number of hydrogen-bond donors (Lipinski definition) is 2. The highest BCUT2D eigenvalue weighted by molar-refractivity contribution is 6.36. The van der Waals surface area contributed by atoms with Crippen LogP contribution in [0.2, 0.25) is 10.0 Å². The van der Waals surface area contributed by atoms with Crippen molar-refractivity contribution >= 4 is 40.9 Å². The van der Waals surface area contributed by atoms with E-state index in [-0.39, 0.29) is 21.4 Å². The zero-order chi connectivity index (χ0) is 21.1. The summed E-state index contributed by atoms with van der Waals surface area (Å²) in [5, 5.41) is 3.67. The first-order chi connectivity index (χ1) is 13.0. The van der Waals surface area contributed by atoms with Crippen molar-refractivity contribution in [3.05, 3.63) is 57.7 Å². The molecule has 0 saturated heterocycles. The van der Waals surface area contributed by atoms with Gasteiger partial charge in [0, 0.05) is 11.1 Å². The van der Waals surface area contributed by atoms with Crippen molar-refractivity contribution in [1.29, 1.82) is 0 Å². The maximum Gasteiger partial charge on any atom is 0.464 e. The number of H-pyrrole nitrogens is 1. The van der Waals surface area contributed by atoms with E-state index in [0.717, 1.165) is 13.2 Å². The molecular formula is C17H15Cl2F3N3O3+. The van der Waals surface area contributed by atoms with E-state index >= 15 is 0 Å². The van der Waals surface area contributed by atoms with Gasteiger partial charge in [-0.15, -0.1) is 0 Å². The van der Waals surface area contributed by atoms with Crippen molar-refractivity contribution in [3.63, 3.8) is 0 Å². The van der Waals surface area contributed by atoms with Crippen molar-refractivity contribution in [3.8, 4) is 0 Å². The number of carbonyl (C=O) groups is 2. The van der Waals surface area contributed by atoms with Crippen LogP contribution in [0.1, 0.15) is 15.9 Å². The molecule has 0 aliphatic heterocycles. The summed E-state index contributed by atoms with van der Waals surface area (Å²) in [4.78, 5) is 27.2. The van der Waals surface area contributed by atoms with Crippen LogP contribution in [0.5, 0.6) is 0 Å². The molecule has 0 aliphatic rings. The van der Waals surface area contributed by atoms with Crippen LogP contribution in [-0.2, 0) is 9.53 Å². The number of alkyl halides is 3. The summed E-state index contributed by atoms with van der Waals surface area (Å²) in [5.41, 5.74) is -3.28. The molecule has 0 saturated carbocycles. The standard InChI is InChI=1S/C17H14Cl2F3N3O3/c1-9-5-6-23-13(7-9)24-16(15(27)28-2,17(20,21)22)25-14(26)11-4-3-10(18)8-12(11)19/h3-8H,1-2H3,(H,23,24)(H,25,26)/p+1/t16-/m1/s1. The zero-order valence-corrected chi connectivity index (χ0v) is 16.1. The first-order valence-corrected chi connectivity index (χ1v) is 8.45. The molecule has 1 heterocycles. The van der Waals surface area contributed by atoms with Crippen LogP contribution >= 0.6 is 23.2 Å². The lowest BCUT2D eigenvalue weighted by molar-refractivity contribution is -0.363. The summed E-state index contributed by atoms with van der Waals surface area (Å²) in [6, 6.07) is 6.53. The number of esters is 1. The van der Waals surface area contributed by atoms with Gasteiger partial charge in [-0.2, -0.15) is 13.2 Å². The zero-order valence-electron chi connectivity index (χ0n) is 14.6. The van der Waals surface area contributed by atoms with Gasteiger partial charge in [-0.05, 0) is 36.8 Å². The highest BCUT2D eigenvalue weighted by atomic mass is 35.5. The molecule has 2 rings (SSSR count). The fourth-order valence-corrected chi connectivity index (χ4v) is 2.80. The lowest BCUT2D eigenvalue weighted by Gasteiger charge is -2.30. The number of amides is 1. The van der Waals surface area contributed by atoms with E-state index in [1.165, 1.54) is 24.4 Å². The predicted octanol–water partition coefficient (Wildman–Crippen LogP) is 3.39. The van der Waals surface area contributed by atoms with Crippen molar-refractivity contribution < 1.29 is 32.5 Å². The third kappa shape index (κ3) is 4.48. The Morgan fingerprint density at radius 3 is 2.36 bits per heavy atom. The van der Waals surface area contributed by atoms with Crippen LogP contribution in [0.15, 0.2) is 36.5 Å². The van der Waals surface area contributed by atoms with E-state index in [1.807, 2.05) is 5.32 Å². The van der Waals surface area contributed by atoms with Crippen molar-refractivity contribution in [1.82, 2.24) is 5.32 Å². The van der Waals surface area contributed by atoms with Gasteiger partial charge in [0.05, 0.1) is 23.9 Å². The number of rotatable bonds is 5. The molecule has 28 heavy (non-hydrogen) atoms. The summed E-state index contributed by atoms with van der Waals surface area (Å²) >= 11 is 11.6. The molecule has 2 aromatic rings. The van der Waals surface area contributed by atoms with Gasteiger partial charge >= 0.3 is 17.8 Å². The Labute approximate surface area is 168 Å². The quantitative estimate of drug-likeness (QED) is 0.555. The average molecular weight is 437 g/mol. The number of aryl methyl sites for hydroxylation is 1. The van der Waals surface area contributed by atoms with Gasteiger partial charge in [0.25, 0.3) is 11.7 Å². The second-order valence-electron chi connectivity index (χ2n) is 5.72. The van der Waals surface area contributed by atoms with Gasteiger partial charge in [0.15, 0.2) is 0 Å². The molecule has 0 aliphatic carbocycles. The number of benzene rings is 1. The number of anilines is 1. The number of aromatic nitrogens is 1. The smallest absolute Gasteiger partial charge is 0.464 e. The highest BCUT2D eigenvalue weighted by Crippen LogP contribution is 2.33. The summed E-state index contributed by atoms with van der Waals surface area (Å²) < 4.78 is 46.3. The first kappa shape index (κ1) is 21.8. The van der Waals surface area contributed by atoms with Crippen LogP contribution in [0.4, 0.5) is 19.0 Å². The van der Waals surface area contributed by atoms with Crippen molar-refractivity contribution in [2.75, 3.05) is 12.4 Å². The fraction of sp³-hybridized carbons (Fsp3) is 0.235. The van der Waals surface area contributed by atoms with Crippen LogP contribution in [0.3, 0.4) is 0 Å². The first-order valence-electron chi connectivity index (χ1n) is 7.69. The maximum absolute atomic E-state index is 14.0. The average Bonchev–Trinajstić information content (AvgIpc) is 2.59. The third-order valence-electron chi connectivity index (χ3n) is 3.67. The van der Waals surface area contributed by atoms with Crippen LogP contribution in [0, 0.1) is 6.92 Å². The Morgan fingerprint density at radius 2 is 1.82 bits per heavy atom. The molecule has 1 aromatic carbocycles. The minimum absolute atomic E-state index is 0.176. The molecule has 0 fully saturated rings. The van der Waals surface area contributed by atoms with Gasteiger partial charge < -0.3 is 4.74 Å². The number of ether oxygens (including phenoxy) is 1. The van der Waals surface area contributed by atoms with Crippen molar-refractivity contribution in [2.24, 2.45) is 0 Å². The normalized spacial score (nSPS) is 13.4. The molecule has 0 radical (unpaired) electrons. The summed E-state index contributed by atoms with van der Waals surface area (Å²) in [6.07, 6.45) is -3.90. The number of methoxy groups -OCH3 is 1. The molecule has 1 atom stereocenters. The largest absolute Gasteiger partial charge is 0.464 e. The minimum atomic E-state index is -5.27. The van der Waals surface area contributed by atoms with Gasteiger partial charge in [0.2, 0.25) is 0 Å². The molecule has 3 N–H and O–H groups in total.